The van der Waals surface area contributed by atoms with E-state index in [9.17, 15) is 13.2 Å². The van der Waals surface area contributed by atoms with Crippen LogP contribution >= 0.6 is 11.6 Å². The lowest BCUT2D eigenvalue weighted by Gasteiger charge is -2.42. The summed E-state index contributed by atoms with van der Waals surface area (Å²) in [6, 6.07) is 7.37. The Morgan fingerprint density at radius 2 is 1.48 bits per heavy atom. The van der Waals surface area contributed by atoms with Gasteiger partial charge in [0.2, 0.25) is 0 Å². The Balaban J connectivity index is 1.35. The minimum absolute atomic E-state index is 0.176. The van der Waals surface area contributed by atoms with Crippen LogP contribution in [-0.2, 0) is 0 Å². The van der Waals surface area contributed by atoms with Crippen LogP contribution in [0.2, 0.25) is 5.02 Å². The average molecular weight is 477 g/mol. The molecule has 1 unspecified atom stereocenters. The van der Waals surface area contributed by atoms with Crippen LogP contribution < -0.4 is 0 Å². The number of hydrogen-bond donors (Lipinski definition) is 0. The highest BCUT2D eigenvalue weighted by Gasteiger charge is 2.36. The van der Waals surface area contributed by atoms with Crippen molar-refractivity contribution in [3.05, 3.63) is 58.4 Å². The quantitative estimate of drug-likeness (QED) is 0.262. The SMILES string of the molecule is CCCCCCCC1CC[C@@H]2C[C@H](c3ccc(-c4cc(F)c(Cl)c(F)c4)c(F)c3)CC[C@@H]2C1. The van der Waals surface area contributed by atoms with Crippen molar-refractivity contribution >= 4 is 11.6 Å². The number of hydrogen-bond acceptors (Lipinski definition) is 0. The molecule has 4 rings (SSSR count). The maximum atomic E-state index is 15.0. The molecule has 4 heteroatoms. The second kappa shape index (κ2) is 11.3. The molecule has 0 aromatic heterocycles. The lowest BCUT2D eigenvalue weighted by atomic mass is 9.63. The molecule has 2 aromatic rings. The number of fused-ring (bicyclic) bond motifs is 1. The third-order valence-electron chi connectivity index (χ3n) is 8.20. The highest BCUT2D eigenvalue weighted by molar-refractivity contribution is 6.31. The minimum atomic E-state index is -0.870. The number of halogens is 4. The maximum Gasteiger partial charge on any atom is 0.145 e. The van der Waals surface area contributed by atoms with E-state index in [0.717, 1.165) is 48.3 Å². The van der Waals surface area contributed by atoms with Crippen LogP contribution in [-0.4, -0.2) is 0 Å². The summed E-state index contributed by atoms with van der Waals surface area (Å²) in [6.07, 6.45) is 15.7. The Hall–Kier alpha value is -1.48. The van der Waals surface area contributed by atoms with E-state index in [0.29, 0.717) is 5.92 Å². The van der Waals surface area contributed by atoms with Crippen LogP contribution in [0.4, 0.5) is 13.2 Å². The van der Waals surface area contributed by atoms with Crippen molar-refractivity contribution in [3.63, 3.8) is 0 Å². The monoisotopic (exact) mass is 476 g/mol. The molecule has 0 nitrogen and oxygen atoms in total. The van der Waals surface area contributed by atoms with Crippen LogP contribution in [0.5, 0.6) is 0 Å². The molecular weight excluding hydrogens is 441 g/mol. The van der Waals surface area contributed by atoms with Crippen molar-refractivity contribution in [2.75, 3.05) is 0 Å². The van der Waals surface area contributed by atoms with Gasteiger partial charge in [-0.05, 0) is 85.1 Å². The van der Waals surface area contributed by atoms with Gasteiger partial charge < -0.3 is 0 Å². The van der Waals surface area contributed by atoms with Gasteiger partial charge in [0.1, 0.15) is 22.5 Å². The lowest BCUT2D eigenvalue weighted by molar-refractivity contribution is 0.113. The van der Waals surface area contributed by atoms with Crippen LogP contribution in [0.25, 0.3) is 11.1 Å². The molecule has 2 aliphatic rings. The van der Waals surface area contributed by atoms with Crippen molar-refractivity contribution in [2.45, 2.75) is 89.9 Å². The molecule has 0 radical (unpaired) electrons. The Bertz CT molecular complexity index is 917. The zero-order chi connectivity index (χ0) is 23.4. The lowest BCUT2D eigenvalue weighted by Crippen LogP contribution is -2.30. The molecule has 0 amide bonds. The normalized spacial score (nSPS) is 25.1. The second-order valence-electron chi connectivity index (χ2n) is 10.4. The zero-order valence-electron chi connectivity index (χ0n) is 19.7. The van der Waals surface area contributed by atoms with Crippen LogP contribution in [0, 0.1) is 35.2 Å². The van der Waals surface area contributed by atoms with Gasteiger partial charge in [-0.25, -0.2) is 13.2 Å². The fraction of sp³-hybridized carbons (Fsp3) is 0.586. The summed E-state index contributed by atoms with van der Waals surface area (Å²) in [5, 5.41) is -0.557. The predicted octanol–water partition coefficient (Wildman–Crippen LogP) is 10.1. The van der Waals surface area contributed by atoms with Crippen LogP contribution in [0.3, 0.4) is 0 Å². The average Bonchev–Trinajstić information content (AvgIpc) is 2.81. The highest BCUT2D eigenvalue weighted by atomic mass is 35.5. The molecule has 2 aliphatic carbocycles. The van der Waals surface area contributed by atoms with Gasteiger partial charge in [-0.2, -0.15) is 0 Å². The van der Waals surface area contributed by atoms with E-state index in [1.807, 2.05) is 6.07 Å². The Morgan fingerprint density at radius 1 is 0.788 bits per heavy atom. The fourth-order valence-electron chi connectivity index (χ4n) is 6.32. The van der Waals surface area contributed by atoms with Gasteiger partial charge in [-0.1, -0.05) is 75.6 Å². The van der Waals surface area contributed by atoms with Gasteiger partial charge in [0.05, 0.1) is 0 Å². The first-order valence-corrected chi connectivity index (χ1v) is 13.3. The molecule has 0 aliphatic heterocycles. The van der Waals surface area contributed by atoms with Gasteiger partial charge in [0.15, 0.2) is 0 Å². The molecule has 33 heavy (non-hydrogen) atoms. The summed E-state index contributed by atoms with van der Waals surface area (Å²) >= 11 is 5.57. The zero-order valence-corrected chi connectivity index (χ0v) is 20.4. The third kappa shape index (κ3) is 5.96. The smallest absolute Gasteiger partial charge is 0.145 e. The van der Waals surface area contributed by atoms with E-state index in [1.165, 1.54) is 64.2 Å². The first-order chi connectivity index (χ1) is 16.0. The van der Waals surface area contributed by atoms with Gasteiger partial charge in [-0.15, -0.1) is 0 Å². The summed E-state index contributed by atoms with van der Waals surface area (Å²) in [5.74, 6) is 0.694. The topological polar surface area (TPSA) is 0 Å². The number of benzene rings is 2. The standard InChI is InChI=1S/C29H36ClF3/c1-2-3-4-5-6-7-19-8-9-21-15-22(11-10-20(21)14-19)23-12-13-25(26(31)16-23)24-17-27(32)29(30)28(33)18-24/h12-13,16-22H,2-11,14-15H2,1H3/t19?,20-,21-,22-/m1/s1. The molecule has 0 heterocycles. The van der Waals surface area contributed by atoms with E-state index < -0.39 is 22.5 Å². The van der Waals surface area contributed by atoms with Crippen molar-refractivity contribution < 1.29 is 13.2 Å². The molecule has 0 N–H and O–H groups in total. The Morgan fingerprint density at radius 3 is 2.21 bits per heavy atom. The molecule has 0 bridgehead atoms. The highest BCUT2D eigenvalue weighted by Crippen LogP contribution is 2.48. The van der Waals surface area contributed by atoms with E-state index in [4.69, 9.17) is 11.6 Å². The first-order valence-electron chi connectivity index (χ1n) is 12.9. The number of rotatable bonds is 8. The van der Waals surface area contributed by atoms with E-state index in [1.54, 1.807) is 12.1 Å². The molecule has 0 saturated heterocycles. The fourth-order valence-corrected chi connectivity index (χ4v) is 6.43. The number of unbranched alkanes of at least 4 members (excludes halogenated alkanes) is 4. The molecule has 180 valence electrons. The van der Waals surface area contributed by atoms with Crippen LogP contribution in [0.15, 0.2) is 30.3 Å². The van der Waals surface area contributed by atoms with Crippen LogP contribution in [0.1, 0.15) is 95.5 Å². The summed E-state index contributed by atoms with van der Waals surface area (Å²) in [4.78, 5) is 0. The third-order valence-corrected chi connectivity index (χ3v) is 8.56. The molecule has 2 aromatic carbocycles. The molecule has 4 atom stereocenters. The van der Waals surface area contributed by atoms with E-state index >= 15 is 0 Å². The predicted molar refractivity (Wildman–Crippen MR) is 131 cm³/mol. The molecule has 0 spiro atoms. The summed E-state index contributed by atoms with van der Waals surface area (Å²) < 4.78 is 42.6. The van der Waals surface area contributed by atoms with Gasteiger partial charge in [0, 0.05) is 5.56 Å². The van der Waals surface area contributed by atoms with Gasteiger partial charge in [0.25, 0.3) is 0 Å². The summed E-state index contributed by atoms with van der Waals surface area (Å²) in [7, 11) is 0. The summed E-state index contributed by atoms with van der Waals surface area (Å²) in [6.45, 7) is 2.27. The van der Waals surface area contributed by atoms with E-state index in [-0.39, 0.29) is 11.1 Å². The van der Waals surface area contributed by atoms with Gasteiger partial charge >= 0.3 is 0 Å². The maximum absolute atomic E-state index is 15.0. The largest absolute Gasteiger partial charge is 0.206 e. The molecular formula is C29H36ClF3. The van der Waals surface area contributed by atoms with Gasteiger partial charge in [-0.3, -0.25) is 0 Å². The Kier molecular flexibility index (Phi) is 8.43. The van der Waals surface area contributed by atoms with Crippen molar-refractivity contribution in [3.8, 4) is 11.1 Å². The molecule has 2 fully saturated rings. The van der Waals surface area contributed by atoms with Crippen molar-refractivity contribution in [1.29, 1.82) is 0 Å². The summed E-state index contributed by atoms with van der Waals surface area (Å²) in [5.41, 5.74) is 1.40. The van der Waals surface area contributed by atoms with Crippen molar-refractivity contribution in [1.82, 2.24) is 0 Å². The first kappa shape index (κ1) is 24.6. The van der Waals surface area contributed by atoms with Crippen molar-refractivity contribution in [2.24, 2.45) is 17.8 Å². The molecule has 2 saturated carbocycles. The second-order valence-corrected chi connectivity index (χ2v) is 10.8. The van der Waals surface area contributed by atoms with E-state index in [2.05, 4.69) is 6.92 Å². The Labute approximate surface area is 201 Å². The minimum Gasteiger partial charge on any atom is -0.206 e.